The summed E-state index contributed by atoms with van der Waals surface area (Å²) in [7, 11) is 0. The van der Waals surface area contributed by atoms with Crippen LogP contribution in [0.15, 0.2) is 16.6 Å². The first-order chi connectivity index (χ1) is 6.93. The fourth-order valence-electron chi connectivity index (χ4n) is 1.00. The second kappa shape index (κ2) is 5.20. The summed E-state index contributed by atoms with van der Waals surface area (Å²) in [4.78, 5) is 11.2. The molecule has 1 aromatic carbocycles. The molecule has 0 unspecified atom stereocenters. The summed E-state index contributed by atoms with van der Waals surface area (Å²) < 4.78 is 29.3. The molecule has 1 rings (SSSR count). The van der Waals surface area contributed by atoms with Crippen molar-refractivity contribution in [1.82, 2.24) is 0 Å². The number of hydrogen-bond donors (Lipinski definition) is 0. The quantitative estimate of drug-likeness (QED) is 0.578. The molecular formula is C9H6BrF2IO2. The number of rotatable bonds is 3. The molecule has 0 aliphatic carbocycles. The van der Waals surface area contributed by atoms with Crippen molar-refractivity contribution in [3.8, 4) is 5.75 Å². The van der Waals surface area contributed by atoms with E-state index in [1.54, 1.807) is 28.7 Å². The summed E-state index contributed by atoms with van der Waals surface area (Å²) in [5, 5.41) is 0. The van der Waals surface area contributed by atoms with Gasteiger partial charge >= 0.3 is 6.61 Å². The van der Waals surface area contributed by atoms with Crippen molar-refractivity contribution < 1.29 is 18.3 Å². The molecule has 0 amide bonds. The molecule has 0 heterocycles. The van der Waals surface area contributed by atoms with Crippen molar-refractivity contribution in [2.45, 2.75) is 13.5 Å². The number of Topliss-reactive ketones (excluding diaryl/α,β-unsaturated/α-hetero) is 1. The molecule has 0 saturated heterocycles. The van der Waals surface area contributed by atoms with E-state index in [9.17, 15) is 13.6 Å². The average Bonchev–Trinajstić information content (AvgIpc) is 2.11. The van der Waals surface area contributed by atoms with Crippen LogP contribution in [-0.4, -0.2) is 12.4 Å². The summed E-state index contributed by atoms with van der Waals surface area (Å²) in [6.07, 6.45) is 0. The van der Waals surface area contributed by atoms with Gasteiger partial charge in [0.2, 0.25) is 0 Å². The smallest absolute Gasteiger partial charge is 0.387 e. The number of alkyl halides is 2. The maximum absolute atomic E-state index is 12.1. The second-order valence-electron chi connectivity index (χ2n) is 2.67. The third-order valence-corrected chi connectivity index (χ3v) is 3.33. The third-order valence-electron chi connectivity index (χ3n) is 1.64. The third kappa shape index (κ3) is 3.10. The standard InChI is InChI=1S/C9H6BrF2IO2/c1-4(14)5-2-3-6(10)8(7(5)13)15-9(11)12/h2-3,9H,1H3. The molecule has 0 N–H and O–H groups in total. The van der Waals surface area contributed by atoms with Gasteiger partial charge in [-0.3, -0.25) is 4.79 Å². The minimum Gasteiger partial charge on any atom is -0.432 e. The van der Waals surface area contributed by atoms with E-state index in [-0.39, 0.29) is 11.5 Å². The lowest BCUT2D eigenvalue weighted by Crippen LogP contribution is -2.06. The first-order valence-corrected chi connectivity index (χ1v) is 5.74. The maximum atomic E-state index is 12.1. The minimum absolute atomic E-state index is 0.00157. The van der Waals surface area contributed by atoms with Crippen molar-refractivity contribution in [2.24, 2.45) is 0 Å². The first kappa shape index (κ1) is 12.8. The summed E-state index contributed by atoms with van der Waals surface area (Å²) >= 11 is 4.89. The van der Waals surface area contributed by atoms with E-state index in [4.69, 9.17) is 0 Å². The monoisotopic (exact) mass is 390 g/mol. The Balaban J connectivity index is 3.24. The Morgan fingerprint density at radius 3 is 2.60 bits per heavy atom. The van der Waals surface area contributed by atoms with E-state index < -0.39 is 6.61 Å². The highest BCUT2D eigenvalue weighted by Gasteiger charge is 2.16. The average molecular weight is 391 g/mol. The number of carbonyl (C=O) groups excluding carboxylic acids is 1. The first-order valence-electron chi connectivity index (χ1n) is 3.87. The number of carbonyl (C=O) groups is 1. The summed E-state index contributed by atoms with van der Waals surface area (Å²) in [6, 6.07) is 3.07. The molecular weight excluding hydrogens is 385 g/mol. The predicted octanol–water partition coefficient (Wildman–Crippen LogP) is 3.86. The second-order valence-corrected chi connectivity index (χ2v) is 4.61. The van der Waals surface area contributed by atoms with Crippen molar-refractivity contribution >= 4 is 44.3 Å². The van der Waals surface area contributed by atoms with Gasteiger partial charge in [-0.2, -0.15) is 8.78 Å². The van der Waals surface area contributed by atoms with Gasteiger partial charge in [0.05, 0.1) is 8.04 Å². The molecule has 6 heteroatoms. The number of benzene rings is 1. The zero-order valence-corrected chi connectivity index (χ0v) is 11.3. The summed E-state index contributed by atoms with van der Waals surface area (Å²) in [5.41, 5.74) is 0.370. The molecule has 2 nitrogen and oxygen atoms in total. The van der Waals surface area contributed by atoms with Gasteiger partial charge in [0.25, 0.3) is 0 Å². The minimum atomic E-state index is -2.91. The highest BCUT2D eigenvalue weighted by atomic mass is 127. The van der Waals surface area contributed by atoms with E-state index in [0.717, 1.165) is 0 Å². The molecule has 0 aromatic heterocycles. The maximum Gasteiger partial charge on any atom is 0.387 e. The fraction of sp³-hybridized carbons (Fsp3) is 0.222. The molecule has 82 valence electrons. The normalized spacial score (nSPS) is 10.5. The van der Waals surface area contributed by atoms with Crippen molar-refractivity contribution in [1.29, 1.82) is 0 Å². The topological polar surface area (TPSA) is 26.3 Å². The van der Waals surface area contributed by atoms with Crippen LogP contribution in [0.3, 0.4) is 0 Å². The molecule has 1 aromatic rings. The Labute approximate surface area is 107 Å². The predicted molar refractivity (Wildman–Crippen MR) is 63.5 cm³/mol. The number of ether oxygens (including phenoxy) is 1. The Morgan fingerprint density at radius 1 is 1.53 bits per heavy atom. The molecule has 0 spiro atoms. The molecule has 0 radical (unpaired) electrons. The van der Waals surface area contributed by atoms with E-state index in [1.807, 2.05) is 0 Å². The van der Waals surface area contributed by atoms with Crippen LogP contribution in [0, 0.1) is 3.57 Å². The van der Waals surface area contributed by atoms with Gasteiger partial charge in [-0.15, -0.1) is 0 Å². The van der Waals surface area contributed by atoms with Gasteiger partial charge in [0, 0.05) is 5.56 Å². The lowest BCUT2D eigenvalue weighted by molar-refractivity contribution is -0.0509. The number of ketones is 1. The Morgan fingerprint density at radius 2 is 2.13 bits per heavy atom. The lowest BCUT2D eigenvalue weighted by atomic mass is 10.1. The van der Waals surface area contributed by atoms with Crippen LogP contribution in [0.2, 0.25) is 0 Å². The van der Waals surface area contributed by atoms with Crippen LogP contribution in [0.4, 0.5) is 8.78 Å². The van der Waals surface area contributed by atoms with Gasteiger partial charge in [0.15, 0.2) is 11.5 Å². The lowest BCUT2D eigenvalue weighted by Gasteiger charge is -2.11. The molecule has 0 aliphatic heterocycles. The molecule has 0 atom stereocenters. The van der Waals surface area contributed by atoms with Gasteiger partial charge in [0.1, 0.15) is 0 Å². The van der Waals surface area contributed by atoms with Crippen molar-refractivity contribution in [2.75, 3.05) is 0 Å². The fourth-order valence-corrected chi connectivity index (χ4v) is 2.77. The van der Waals surface area contributed by atoms with Crippen LogP contribution in [-0.2, 0) is 0 Å². The molecule has 15 heavy (non-hydrogen) atoms. The number of halogens is 4. The van der Waals surface area contributed by atoms with E-state index in [0.29, 0.717) is 13.6 Å². The van der Waals surface area contributed by atoms with Crippen LogP contribution in [0.25, 0.3) is 0 Å². The molecule has 0 saturated carbocycles. The van der Waals surface area contributed by atoms with Gasteiger partial charge in [-0.1, -0.05) is 0 Å². The SMILES string of the molecule is CC(=O)c1ccc(Br)c(OC(F)F)c1I. The largest absolute Gasteiger partial charge is 0.432 e. The Kier molecular flexibility index (Phi) is 4.45. The van der Waals surface area contributed by atoms with E-state index in [1.165, 1.54) is 13.0 Å². The molecule has 0 bridgehead atoms. The Bertz CT molecular complexity index is 396. The zero-order chi connectivity index (χ0) is 11.6. The highest BCUT2D eigenvalue weighted by Crippen LogP contribution is 2.34. The van der Waals surface area contributed by atoms with Crippen molar-refractivity contribution in [3.63, 3.8) is 0 Å². The number of hydrogen-bond acceptors (Lipinski definition) is 2. The van der Waals surface area contributed by atoms with Gasteiger partial charge in [-0.05, 0) is 57.6 Å². The molecule has 0 fully saturated rings. The van der Waals surface area contributed by atoms with Crippen LogP contribution in [0.5, 0.6) is 5.75 Å². The van der Waals surface area contributed by atoms with Crippen LogP contribution < -0.4 is 4.74 Å². The van der Waals surface area contributed by atoms with Gasteiger partial charge in [-0.25, -0.2) is 0 Å². The van der Waals surface area contributed by atoms with Crippen LogP contribution >= 0.6 is 38.5 Å². The van der Waals surface area contributed by atoms with Crippen LogP contribution in [0.1, 0.15) is 17.3 Å². The highest BCUT2D eigenvalue weighted by molar-refractivity contribution is 14.1. The van der Waals surface area contributed by atoms with Gasteiger partial charge < -0.3 is 4.74 Å². The van der Waals surface area contributed by atoms with E-state index in [2.05, 4.69) is 20.7 Å². The van der Waals surface area contributed by atoms with E-state index >= 15 is 0 Å². The summed E-state index contributed by atoms with van der Waals surface area (Å²) in [6.45, 7) is -1.53. The van der Waals surface area contributed by atoms with Crippen molar-refractivity contribution in [3.05, 3.63) is 25.7 Å². The zero-order valence-electron chi connectivity index (χ0n) is 7.56. The Hall–Kier alpha value is -0.240. The molecule has 0 aliphatic rings. The summed E-state index contributed by atoms with van der Waals surface area (Å²) in [5.74, 6) is -0.190.